The fraction of sp³-hybridized carbons (Fsp3) is 0.400. The van der Waals surface area contributed by atoms with E-state index in [0.29, 0.717) is 10.6 Å². The van der Waals surface area contributed by atoms with Gasteiger partial charge < -0.3 is 10.3 Å². The number of benzene rings is 1. The van der Waals surface area contributed by atoms with Crippen molar-refractivity contribution in [2.24, 2.45) is 0 Å². The van der Waals surface area contributed by atoms with Gasteiger partial charge in [0.05, 0.1) is 0 Å². The van der Waals surface area contributed by atoms with Crippen LogP contribution in [0.3, 0.4) is 0 Å². The molecular weight excluding hydrogens is 198 g/mol. The van der Waals surface area contributed by atoms with Crippen LogP contribution in [-0.2, 0) is 17.5 Å². The molecule has 1 unspecified atom stereocenters. The number of aryl methyl sites for hydroxylation is 1. The number of nitrogens with two attached hydrogens (primary N) is 1. The van der Waals surface area contributed by atoms with E-state index in [9.17, 15) is 8.76 Å². The molecule has 78 valence electrons. The zero-order valence-corrected chi connectivity index (χ0v) is 8.97. The Labute approximate surface area is 86.6 Å². The highest BCUT2D eigenvalue weighted by Crippen LogP contribution is 2.18. The number of rotatable bonds is 4. The van der Waals surface area contributed by atoms with Gasteiger partial charge in [0.2, 0.25) is 0 Å². The van der Waals surface area contributed by atoms with E-state index in [4.69, 9.17) is 5.73 Å². The molecule has 2 N–H and O–H groups in total. The van der Waals surface area contributed by atoms with Gasteiger partial charge in [-0.3, -0.25) is 4.21 Å². The molecule has 0 saturated heterocycles. The first-order valence-electron chi connectivity index (χ1n) is 4.62. The van der Waals surface area contributed by atoms with Crippen LogP contribution in [0.5, 0.6) is 0 Å². The van der Waals surface area contributed by atoms with E-state index in [-0.39, 0.29) is 0 Å². The van der Waals surface area contributed by atoms with Gasteiger partial charge in [-0.25, -0.2) is 0 Å². The highest BCUT2D eigenvalue weighted by Gasteiger charge is 2.01. The first kappa shape index (κ1) is 11.2. The first-order chi connectivity index (χ1) is 6.65. The van der Waals surface area contributed by atoms with Gasteiger partial charge in [-0.2, -0.15) is 0 Å². The van der Waals surface area contributed by atoms with Crippen molar-refractivity contribution in [3.63, 3.8) is 0 Å². The second kappa shape index (κ2) is 5.12. The molecule has 0 saturated carbocycles. The van der Waals surface area contributed by atoms with Crippen molar-refractivity contribution in [1.29, 1.82) is 0 Å². The van der Waals surface area contributed by atoms with E-state index < -0.39 is 11.1 Å². The minimum atomic E-state index is -2.16. The molecule has 0 aliphatic heterocycles. The standard InChI is InChI=1S/C10H15NO2S/c1-2-3-4-8-7-9(14(12)13)5-6-10(8)11/h5-7H,2-4,11H2,1H3,(H,12,13)/p-1. The third-order valence-electron chi connectivity index (χ3n) is 2.11. The largest absolute Gasteiger partial charge is 0.768 e. The van der Waals surface area contributed by atoms with Crippen LogP contribution in [0.15, 0.2) is 23.1 Å². The summed E-state index contributed by atoms with van der Waals surface area (Å²) in [7, 11) is 0. The van der Waals surface area contributed by atoms with Gasteiger partial charge in [-0.05, 0) is 47.7 Å². The minimum Gasteiger partial charge on any atom is -0.768 e. The van der Waals surface area contributed by atoms with Crippen LogP contribution in [-0.4, -0.2) is 8.76 Å². The summed E-state index contributed by atoms with van der Waals surface area (Å²) in [4.78, 5) is 0.310. The third-order valence-corrected chi connectivity index (χ3v) is 2.75. The van der Waals surface area contributed by atoms with Crippen LogP contribution in [0.25, 0.3) is 0 Å². The lowest BCUT2D eigenvalue weighted by molar-refractivity contribution is 0.537. The normalized spacial score (nSPS) is 12.7. The number of hydrogen-bond donors (Lipinski definition) is 1. The summed E-state index contributed by atoms with van der Waals surface area (Å²) in [5.41, 5.74) is 7.33. The molecule has 0 spiro atoms. The van der Waals surface area contributed by atoms with E-state index in [2.05, 4.69) is 6.92 Å². The van der Waals surface area contributed by atoms with Gasteiger partial charge in [0.25, 0.3) is 0 Å². The van der Waals surface area contributed by atoms with Gasteiger partial charge in [-0.1, -0.05) is 13.3 Å². The summed E-state index contributed by atoms with van der Waals surface area (Å²) in [5, 5.41) is 0. The summed E-state index contributed by atoms with van der Waals surface area (Å²) >= 11 is -2.16. The van der Waals surface area contributed by atoms with Crippen LogP contribution >= 0.6 is 0 Å². The number of nitrogen functional groups attached to an aromatic ring is 1. The van der Waals surface area contributed by atoms with Gasteiger partial charge >= 0.3 is 0 Å². The van der Waals surface area contributed by atoms with E-state index in [0.717, 1.165) is 24.8 Å². The summed E-state index contributed by atoms with van der Waals surface area (Å²) in [6, 6.07) is 4.82. The maximum absolute atomic E-state index is 10.7. The first-order valence-corrected chi connectivity index (χ1v) is 5.70. The number of anilines is 1. The van der Waals surface area contributed by atoms with Crippen LogP contribution in [0.4, 0.5) is 5.69 Å². The smallest absolute Gasteiger partial charge is 0.0347 e. The maximum Gasteiger partial charge on any atom is 0.0347 e. The van der Waals surface area contributed by atoms with Crippen LogP contribution in [0.2, 0.25) is 0 Å². The Balaban J connectivity index is 2.90. The predicted octanol–water partition coefficient (Wildman–Crippen LogP) is 1.85. The van der Waals surface area contributed by atoms with Gasteiger partial charge in [0.1, 0.15) is 0 Å². The van der Waals surface area contributed by atoms with Crippen LogP contribution < -0.4 is 5.73 Å². The zero-order valence-electron chi connectivity index (χ0n) is 8.16. The molecule has 0 fully saturated rings. The third kappa shape index (κ3) is 2.82. The van der Waals surface area contributed by atoms with Gasteiger partial charge in [-0.15, -0.1) is 0 Å². The fourth-order valence-electron chi connectivity index (χ4n) is 1.27. The average Bonchev–Trinajstić information content (AvgIpc) is 2.16. The van der Waals surface area contributed by atoms with Gasteiger partial charge in [0, 0.05) is 10.6 Å². The van der Waals surface area contributed by atoms with Crippen LogP contribution in [0, 0.1) is 0 Å². The molecule has 0 aromatic heterocycles. The van der Waals surface area contributed by atoms with Crippen molar-refractivity contribution in [3.05, 3.63) is 23.8 Å². The summed E-state index contributed by atoms with van der Waals surface area (Å²) in [6.45, 7) is 2.09. The molecule has 1 atom stereocenters. The Hall–Kier alpha value is -0.870. The van der Waals surface area contributed by atoms with Crippen molar-refractivity contribution in [3.8, 4) is 0 Å². The topological polar surface area (TPSA) is 66.1 Å². The van der Waals surface area contributed by atoms with E-state index in [1.165, 1.54) is 6.07 Å². The van der Waals surface area contributed by atoms with Crippen molar-refractivity contribution >= 4 is 16.8 Å². The lowest BCUT2D eigenvalue weighted by Crippen LogP contribution is -1.97. The molecule has 0 aliphatic rings. The molecule has 1 rings (SSSR count). The SMILES string of the molecule is CCCCc1cc(S(=O)[O-])ccc1N. The molecule has 14 heavy (non-hydrogen) atoms. The number of unbranched alkanes of at least 4 members (excludes halogenated alkanes) is 1. The molecule has 0 heterocycles. The summed E-state index contributed by atoms with van der Waals surface area (Å²) in [6.07, 6.45) is 2.94. The van der Waals surface area contributed by atoms with Crippen molar-refractivity contribution in [1.82, 2.24) is 0 Å². The Morgan fingerprint density at radius 2 is 2.21 bits per heavy atom. The molecule has 3 nitrogen and oxygen atoms in total. The Morgan fingerprint density at radius 1 is 1.50 bits per heavy atom. The Kier molecular flexibility index (Phi) is 4.10. The average molecular weight is 212 g/mol. The summed E-state index contributed by atoms with van der Waals surface area (Å²) in [5.74, 6) is 0. The monoisotopic (exact) mass is 212 g/mol. The van der Waals surface area contributed by atoms with Gasteiger partial charge in [0.15, 0.2) is 0 Å². The molecule has 4 heteroatoms. The number of hydrogen-bond acceptors (Lipinski definition) is 3. The van der Waals surface area contributed by atoms with Crippen LogP contribution in [0.1, 0.15) is 25.3 Å². The molecule has 1 aromatic carbocycles. The minimum absolute atomic E-state index is 0.310. The molecular formula is C10H14NO2S-. The molecule has 1 aromatic rings. The van der Waals surface area contributed by atoms with Crippen molar-refractivity contribution in [2.45, 2.75) is 31.1 Å². The fourth-order valence-corrected chi connectivity index (χ4v) is 1.69. The molecule has 0 aliphatic carbocycles. The van der Waals surface area contributed by atoms with Crippen molar-refractivity contribution in [2.75, 3.05) is 5.73 Å². The second-order valence-corrected chi connectivity index (χ2v) is 4.14. The van der Waals surface area contributed by atoms with E-state index >= 15 is 0 Å². The zero-order chi connectivity index (χ0) is 10.6. The highest BCUT2D eigenvalue weighted by molar-refractivity contribution is 7.79. The second-order valence-electron chi connectivity index (χ2n) is 3.20. The lowest BCUT2D eigenvalue weighted by atomic mass is 10.1. The maximum atomic E-state index is 10.7. The predicted molar refractivity (Wildman–Crippen MR) is 56.7 cm³/mol. The molecule has 0 amide bonds. The Morgan fingerprint density at radius 3 is 2.79 bits per heavy atom. The highest BCUT2D eigenvalue weighted by atomic mass is 32.2. The van der Waals surface area contributed by atoms with E-state index in [1.807, 2.05) is 0 Å². The summed E-state index contributed by atoms with van der Waals surface area (Å²) < 4.78 is 21.4. The van der Waals surface area contributed by atoms with E-state index in [1.54, 1.807) is 12.1 Å². The molecule has 0 bridgehead atoms. The lowest BCUT2D eigenvalue weighted by Gasteiger charge is -2.09. The van der Waals surface area contributed by atoms with Crippen molar-refractivity contribution < 1.29 is 8.76 Å². The molecule has 0 radical (unpaired) electrons. The quantitative estimate of drug-likeness (QED) is 0.611. The Bertz CT molecular complexity index is 339.